The highest BCUT2D eigenvalue weighted by atomic mass is 16.3. The average Bonchev–Trinajstić information content (AvgIpc) is 1.27. The van der Waals surface area contributed by atoms with E-state index in [1.165, 1.54) is 0 Å². The maximum absolute atomic E-state index is 10.2. The summed E-state index contributed by atoms with van der Waals surface area (Å²) >= 11 is 0. The molecule has 0 aliphatic carbocycles. The van der Waals surface area contributed by atoms with Gasteiger partial charge in [-0.05, 0) is 13.8 Å². The normalized spacial score (nSPS) is 18.9. The molecule has 0 aromatic heterocycles. The molecule has 7 heavy (non-hydrogen) atoms. The lowest BCUT2D eigenvalue weighted by Gasteiger charge is -2.01. The van der Waals surface area contributed by atoms with Crippen molar-refractivity contribution >= 4 is 0 Å². The van der Waals surface area contributed by atoms with Gasteiger partial charge < -0.3 is 5.11 Å². The van der Waals surface area contributed by atoms with Crippen LogP contribution in [-0.2, 0) is 5.11 Å². The molecule has 1 radical (unpaired) electrons. The van der Waals surface area contributed by atoms with Crippen molar-refractivity contribution in [1.82, 2.24) is 0 Å². The van der Waals surface area contributed by atoms with Gasteiger partial charge in [0.15, 0.2) is 0 Å². The molecule has 0 unspecified atom stereocenters. The van der Waals surface area contributed by atoms with Crippen molar-refractivity contribution in [3.63, 3.8) is 0 Å². The molecule has 1 N–H and O–H groups in total. The van der Waals surface area contributed by atoms with E-state index >= 15 is 0 Å². The van der Waals surface area contributed by atoms with Crippen LogP contribution in [0.1, 0.15) is 20.3 Å². The van der Waals surface area contributed by atoms with Crippen molar-refractivity contribution in [1.29, 1.82) is 0 Å². The third-order valence-electron chi connectivity index (χ3n) is 0.673. The molecule has 0 fully saturated rings. The van der Waals surface area contributed by atoms with Gasteiger partial charge in [-0.3, -0.25) is 0 Å². The Balaban J connectivity index is 2.95. The van der Waals surface area contributed by atoms with Crippen LogP contribution in [0.25, 0.3) is 0 Å². The Morgan fingerprint density at radius 1 is 1.57 bits per heavy atom. The topological polar surface area (TPSA) is 40.1 Å². The molecule has 0 rings (SSSR count). The van der Waals surface area contributed by atoms with Crippen LogP contribution in [0, 0.1) is 0 Å². The predicted octanol–water partition coefficient (Wildman–Crippen LogP) is 0.576. The fraction of sp³-hybridized carbons (Fsp3) is 1.00. The molecule has 2 nitrogen and oxygen atoms in total. The molecule has 0 bridgehead atoms. The second-order valence-corrected chi connectivity index (χ2v) is 1.90. The second-order valence-electron chi connectivity index (χ2n) is 1.90. The molecular formula is C5H11O2. The SMILES string of the molecule is C[C@H]([O])C[C@H](C)O. The van der Waals surface area contributed by atoms with Crippen LogP contribution < -0.4 is 0 Å². The van der Waals surface area contributed by atoms with Gasteiger partial charge in [0.05, 0.1) is 12.2 Å². The van der Waals surface area contributed by atoms with E-state index in [0.29, 0.717) is 6.42 Å². The second kappa shape index (κ2) is 2.99. The first-order valence-electron chi connectivity index (χ1n) is 2.47. The summed E-state index contributed by atoms with van der Waals surface area (Å²) in [5, 5.41) is 18.7. The lowest BCUT2D eigenvalue weighted by Crippen LogP contribution is -2.08. The largest absolute Gasteiger partial charge is 0.393 e. The van der Waals surface area contributed by atoms with Crippen LogP contribution in [0.3, 0.4) is 0 Å². The standard InChI is InChI=1S/C5H11O2/c1-4(6)3-5(2)7/h4-6H,3H2,1-2H3/t4-,5-/m0/s1. The highest BCUT2D eigenvalue weighted by Gasteiger charge is 2.00. The van der Waals surface area contributed by atoms with Crippen LogP contribution in [0.4, 0.5) is 0 Å². The summed E-state index contributed by atoms with van der Waals surface area (Å²) in [6.45, 7) is 3.17. The van der Waals surface area contributed by atoms with Crippen molar-refractivity contribution in [2.45, 2.75) is 32.5 Å². The molecular weight excluding hydrogens is 92.1 g/mol. The van der Waals surface area contributed by atoms with E-state index in [2.05, 4.69) is 0 Å². The smallest absolute Gasteiger partial charge is 0.0926 e. The fourth-order valence-electron chi connectivity index (χ4n) is 0.480. The van der Waals surface area contributed by atoms with E-state index in [4.69, 9.17) is 5.11 Å². The molecule has 2 atom stereocenters. The van der Waals surface area contributed by atoms with E-state index in [0.717, 1.165) is 0 Å². The first kappa shape index (κ1) is 6.92. The number of aliphatic hydroxyl groups excluding tert-OH is 1. The molecule has 0 heterocycles. The minimum atomic E-state index is -0.625. The number of aliphatic hydroxyl groups is 1. The van der Waals surface area contributed by atoms with Crippen molar-refractivity contribution in [3.8, 4) is 0 Å². The molecule has 0 saturated heterocycles. The predicted molar refractivity (Wildman–Crippen MR) is 26.4 cm³/mol. The maximum Gasteiger partial charge on any atom is 0.0926 e. The molecule has 43 valence electrons. The Bertz CT molecular complexity index is 35.3. The van der Waals surface area contributed by atoms with Crippen LogP contribution in [0.5, 0.6) is 0 Å². The third kappa shape index (κ3) is 5.92. The zero-order valence-electron chi connectivity index (χ0n) is 4.72. The molecule has 0 amide bonds. The molecule has 0 aromatic rings. The van der Waals surface area contributed by atoms with Gasteiger partial charge in [-0.15, -0.1) is 0 Å². The van der Waals surface area contributed by atoms with E-state index in [-0.39, 0.29) is 0 Å². The maximum atomic E-state index is 10.2. The minimum absolute atomic E-state index is 0.361. The number of hydrogen-bond acceptors (Lipinski definition) is 1. The monoisotopic (exact) mass is 103 g/mol. The lowest BCUT2D eigenvalue weighted by molar-refractivity contribution is 0.0522. The van der Waals surface area contributed by atoms with E-state index in [1.54, 1.807) is 13.8 Å². The minimum Gasteiger partial charge on any atom is -0.393 e. The number of rotatable bonds is 2. The summed E-state index contributed by atoms with van der Waals surface area (Å²) in [7, 11) is 0. The average molecular weight is 103 g/mol. The first-order valence-corrected chi connectivity index (χ1v) is 2.47. The highest BCUT2D eigenvalue weighted by molar-refractivity contribution is 4.50. The Morgan fingerprint density at radius 3 is 2.00 bits per heavy atom. The zero-order chi connectivity index (χ0) is 5.86. The summed E-state index contributed by atoms with van der Waals surface area (Å²) < 4.78 is 0. The Morgan fingerprint density at radius 2 is 2.00 bits per heavy atom. The molecule has 0 spiro atoms. The van der Waals surface area contributed by atoms with Gasteiger partial charge >= 0.3 is 0 Å². The molecule has 0 aliphatic heterocycles. The molecule has 0 saturated carbocycles. The number of hydrogen-bond donors (Lipinski definition) is 1. The van der Waals surface area contributed by atoms with Gasteiger partial charge in [-0.1, -0.05) is 0 Å². The quantitative estimate of drug-likeness (QED) is 0.545. The molecule has 0 aliphatic rings. The lowest BCUT2D eigenvalue weighted by atomic mass is 10.2. The van der Waals surface area contributed by atoms with E-state index < -0.39 is 12.2 Å². The van der Waals surface area contributed by atoms with Gasteiger partial charge in [-0.25, -0.2) is 5.11 Å². The third-order valence-corrected chi connectivity index (χ3v) is 0.673. The Labute approximate surface area is 43.8 Å². The van der Waals surface area contributed by atoms with E-state index in [9.17, 15) is 5.11 Å². The van der Waals surface area contributed by atoms with Crippen LogP contribution in [-0.4, -0.2) is 17.3 Å². The summed E-state index contributed by atoms with van der Waals surface area (Å²) in [5.41, 5.74) is 0. The van der Waals surface area contributed by atoms with Crippen LogP contribution in [0.15, 0.2) is 0 Å². The molecule has 2 heteroatoms. The van der Waals surface area contributed by atoms with Gasteiger partial charge in [0, 0.05) is 6.42 Å². The summed E-state index contributed by atoms with van der Waals surface area (Å²) in [6, 6.07) is 0. The van der Waals surface area contributed by atoms with Gasteiger partial charge in [0.25, 0.3) is 0 Å². The van der Waals surface area contributed by atoms with Gasteiger partial charge in [-0.2, -0.15) is 0 Å². The summed E-state index contributed by atoms with van der Waals surface area (Å²) in [4.78, 5) is 0. The first-order chi connectivity index (χ1) is 3.13. The highest BCUT2D eigenvalue weighted by Crippen LogP contribution is 1.94. The van der Waals surface area contributed by atoms with Crippen LogP contribution in [0.2, 0.25) is 0 Å². The van der Waals surface area contributed by atoms with Crippen molar-refractivity contribution in [2.24, 2.45) is 0 Å². The van der Waals surface area contributed by atoms with Crippen molar-refractivity contribution < 1.29 is 10.2 Å². The molecule has 0 aromatic carbocycles. The summed E-state index contributed by atoms with van der Waals surface area (Å²) in [5.74, 6) is 0. The van der Waals surface area contributed by atoms with Crippen LogP contribution >= 0.6 is 0 Å². The van der Waals surface area contributed by atoms with Crippen molar-refractivity contribution in [2.75, 3.05) is 0 Å². The van der Waals surface area contributed by atoms with Gasteiger partial charge in [0.1, 0.15) is 0 Å². The Kier molecular flexibility index (Phi) is 2.96. The van der Waals surface area contributed by atoms with Crippen molar-refractivity contribution in [3.05, 3.63) is 0 Å². The van der Waals surface area contributed by atoms with Gasteiger partial charge in [0.2, 0.25) is 0 Å². The summed E-state index contributed by atoms with van der Waals surface area (Å²) in [6.07, 6.45) is -0.701. The Hall–Kier alpha value is -0.0800. The fourth-order valence-corrected chi connectivity index (χ4v) is 0.480. The van der Waals surface area contributed by atoms with E-state index in [1.807, 2.05) is 0 Å². The zero-order valence-corrected chi connectivity index (χ0v) is 4.72.